The van der Waals surface area contributed by atoms with E-state index < -0.39 is 0 Å². The van der Waals surface area contributed by atoms with Crippen molar-refractivity contribution in [2.75, 3.05) is 0 Å². The second kappa shape index (κ2) is 20.8. The monoisotopic (exact) mass is 712 g/mol. The van der Waals surface area contributed by atoms with E-state index >= 15 is 0 Å². The molecule has 4 aromatic carbocycles. The van der Waals surface area contributed by atoms with E-state index in [0.29, 0.717) is 0 Å². The van der Waals surface area contributed by atoms with Crippen LogP contribution in [0.25, 0.3) is 53.6 Å². The summed E-state index contributed by atoms with van der Waals surface area (Å²) in [5, 5.41) is 2.44. The SMILES string of the molecule is CCCCCCCCCCCCc1ccc(-c2ccc3c(c2)oc2c4ccc(-c5ccc(CCCCCCCCCCCC)cc5)cc4sc32)cc1. The Labute approximate surface area is 319 Å². The highest BCUT2D eigenvalue weighted by molar-refractivity contribution is 7.26. The molecule has 0 unspecified atom stereocenters. The first-order valence-corrected chi connectivity index (χ1v) is 22.1. The maximum Gasteiger partial charge on any atom is 0.154 e. The fourth-order valence-electron chi connectivity index (χ4n) is 7.98. The summed E-state index contributed by atoms with van der Waals surface area (Å²) < 4.78 is 9.12. The lowest BCUT2D eigenvalue weighted by Gasteiger charge is -2.06. The van der Waals surface area contributed by atoms with Crippen LogP contribution in [0.3, 0.4) is 0 Å². The van der Waals surface area contributed by atoms with Crippen molar-refractivity contribution in [1.82, 2.24) is 0 Å². The minimum atomic E-state index is 0.983. The van der Waals surface area contributed by atoms with Crippen molar-refractivity contribution in [3.63, 3.8) is 0 Å². The first-order chi connectivity index (χ1) is 25.7. The summed E-state index contributed by atoms with van der Waals surface area (Å²) in [7, 11) is 0. The number of furan rings is 1. The summed E-state index contributed by atoms with van der Waals surface area (Å²) in [6.45, 7) is 4.59. The number of unbranched alkanes of at least 4 members (excludes halogenated alkanes) is 18. The summed E-state index contributed by atoms with van der Waals surface area (Å²) in [6.07, 6.45) is 30.2. The quantitative estimate of drug-likeness (QED) is 0.0570. The molecule has 0 amide bonds. The second-order valence-corrected chi connectivity index (χ2v) is 16.6. The Kier molecular flexibility index (Phi) is 15.3. The number of hydrogen-bond acceptors (Lipinski definition) is 2. The van der Waals surface area contributed by atoms with Gasteiger partial charge in [-0.2, -0.15) is 0 Å². The Hall–Kier alpha value is -3.36. The van der Waals surface area contributed by atoms with E-state index in [-0.39, 0.29) is 0 Å². The van der Waals surface area contributed by atoms with Crippen molar-refractivity contribution < 1.29 is 4.42 Å². The van der Waals surface area contributed by atoms with E-state index in [1.165, 1.54) is 195 Å². The van der Waals surface area contributed by atoms with E-state index in [2.05, 4.69) is 98.8 Å². The van der Waals surface area contributed by atoms with Gasteiger partial charge in [-0.25, -0.2) is 0 Å². The fourth-order valence-corrected chi connectivity index (χ4v) is 9.18. The van der Waals surface area contributed by atoms with Gasteiger partial charge in [0.05, 0.1) is 4.70 Å². The number of rotatable bonds is 24. The molecule has 6 aromatic rings. The molecule has 0 fully saturated rings. The topological polar surface area (TPSA) is 13.1 Å². The van der Waals surface area contributed by atoms with Gasteiger partial charge in [-0.15, -0.1) is 11.3 Å². The zero-order chi connectivity index (χ0) is 35.8. The molecule has 2 heterocycles. The number of benzene rings is 4. The van der Waals surface area contributed by atoms with Crippen LogP contribution < -0.4 is 0 Å². The first-order valence-electron chi connectivity index (χ1n) is 21.3. The van der Waals surface area contributed by atoms with E-state index in [9.17, 15) is 0 Å². The summed E-state index contributed by atoms with van der Waals surface area (Å²) >= 11 is 1.86. The average Bonchev–Trinajstić information content (AvgIpc) is 3.72. The Balaban J connectivity index is 0.985. The first kappa shape index (κ1) is 38.4. The molecular weight excluding hydrogens is 649 g/mol. The Morgan fingerprint density at radius 3 is 1.29 bits per heavy atom. The van der Waals surface area contributed by atoms with Crippen LogP contribution in [-0.4, -0.2) is 0 Å². The normalized spacial score (nSPS) is 11.8. The van der Waals surface area contributed by atoms with Gasteiger partial charge in [0.1, 0.15) is 5.58 Å². The molecule has 0 atom stereocenters. The number of fused-ring (bicyclic) bond motifs is 5. The maximum atomic E-state index is 6.57. The third kappa shape index (κ3) is 10.8. The predicted octanol–water partition coefficient (Wildman–Crippen LogP) is 17.1. The second-order valence-electron chi connectivity index (χ2n) is 15.5. The maximum absolute atomic E-state index is 6.57. The van der Waals surface area contributed by atoms with Gasteiger partial charge >= 0.3 is 0 Å². The van der Waals surface area contributed by atoms with Crippen LogP contribution >= 0.6 is 11.3 Å². The molecule has 0 saturated heterocycles. The lowest BCUT2D eigenvalue weighted by atomic mass is 10.00. The van der Waals surface area contributed by atoms with Gasteiger partial charge in [0.25, 0.3) is 0 Å². The number of aryl methyl sites for hydroxylation is 2. The van der Waals surface area contributed by atoms with Crippen molar-refractivity contribution in [2.45, 2.75) is 155 Å². The van der Waals surface area contributed by atoms with Crippen molar-refractivity contribution in [2.24, 2.45) is 0 Å². The molecule has 2 aromatic heterocycles. The number of hydrogen-bond donors (Lipinski definition) is 0. The third-order valence-corrected chi connectivity index (χ3v) is 12.5. The van der Waals surface area contributed by atoms with Gasteiger partial charge in [0.15, 0.2) is 5.58 Å². The highest BCUT2D eigenvalue weighted by Crippen LogP contribution is 2.43. The van der Waals surface area contributed by atoms with E-state index in [1.807, 2.05) is 11.3 Å². The van der Waals surface area contributed by atoms with E-state index in [0.717, 1.165) is 11.2 Å². The van der Waals surface area contributed by atoms with Gasteiger partial charge in [-0.1, -0.05) is 190 Å². The minimum absolute atomic E-state index is 0.983. The van der Waals surface area contributed by atoms with E-state index in [4.69, 9.17) is 4.42 Å². The fraction of sp³-hybridized carbons (Fsp3) is 0.480. The lowest BCUT2D eigenvalue weighted by molar-refractivity contribution is 0.556. The van der Waals surface area contributed by atoms with Crippen LogP contribution in [0.15, 0.2) is 89.3 Å². The van der Waals surface area contributed by atoms with Gasteiger partial charge < -0.3 is 4.42 Å². The van der Waals surface area contributed by atoms with Crippen LogP contribution in [0.1, 0.15) is 153 Å². The molecule has 1 nitrogen and oxygen atoms in total. The molecule has 6 rings (SSSR count). The number of thiophene rings is 1. The Bertz CT molecular complexity index is 1760. The van der Waals surface area contributed by atoms with Crippen molar-refractivity contribution >= 4 is 42.7 Å². The molecule has 0 aliphatic carbocycles. The summed E-state index contributed by atoms with van der Waals surface area (Å²) in [5.41, 5.74) is 9.99. The Morgan fingerprint density at radius 1 is 0.404 bits per heavy atom. The molecule has 0 bridgehead atoms. The van der Waals surface area contributed by atoms with Crippen LogP contribution in [0.2, 0.25) is 0 Å². The third-order valence-electron chi connectivity index (χ3n) is 11.3. The molecule has 276 valence electrons. The molecule has 0 aliphatic rings. The van der Waals surface area contributed by atoms with Crippen LogP contribution in [0.5, 0.6) is 0 Å². The van der Waals surface area contributed by atoms with Gasteiger partial charge in [0.2, 0.25) is 0 Å². The molecule has 0 N–H and O–H groups in total. The highest BCUT2D eigenvalue weighted by Gasteiger charge is 2.15. The van der Waals surface area contributed by atoms with Gasteiger partial charge in [-0.05, 0) is 83.3 Å². The van der Waals surface area contributed by atoms with Crippen LogP contribution in [0.4, 0.5) is 0 Å². The molecule has 0 saturated carbocycles. The van der Waals surface area contributed by atoms with Crippen molar-refractivity contribution in [1.29, 1.82) is 0 Å². The zero-order valence-corrected chi connectivity index (χ0v) is 33.3. The molecular formula is C50H64OS. The summed E-state index contributed by atoms with van der Waals surface area (Å²) in [4.78, 5) is 0. The summed E-state index contributed by atoms with van der Waals surface area (Å²) in [5.74, 6) is 0. The standard InChI is InChI=1S/C50H64OS/c1-3-5-7-9-11-13-15-17-19-21-23-39-25-29-41(30-26-39)43-33-35-45-47(37-43)51-49-46-36-34-44(38-48(46)52-50(45)49)42-31-27-40(28-32-42)24-22-20-18-16-14-12-10-8-6-4-2/h25-38H,3-24H2,1-2H3. The Morgan fingerprint density at radius 2 is 0.808 bits per heavy atom. The zero-order valence-electron chi connectivity index (χ0n) is 32.5. The van der Waals surface area contributed by atoms with Gasteiger partial charge in [-0.3, -0.25) is 0 Å². The smallest absolute Gasteiger partial charge is 0.154 e. The molecule has 52 heavy (non-hydrogen) atoms. The van der Waals surface area contributed by atoms with Crippen molar-refractivity contribution in [3.8, 4) is 22.3 Å². The van der Waals surface area contributed by atoms with E-state index in [1.54, 1.807) is 0 Å². The molecule has 2 heteroatoms. The predicted molar refractivity (Wildman–Crippen MR) is 231 cm³/mol. The van der Waals surface area contributed by atoms with Crippen LogP contribution in [0, 0.1) is 0 Å². The average molecular weight is 713 g/mol. The summed E-state index contributed by atoms with van der Waals surface area (Å²) in [6, 6.07) is 32.2. The minimum Gasteiger partial charge on any atom is -0.454 e. The molecule has 0 radical (unpaired) electrons. The van der Waals surface area contributed by atoms with Crippen molar-refractivity contribution in [3.05, 3.63) is 96.1 Å². The lowest BCUT2D eigenvalue weighted by Crippen LogP contribution is -1.87. The molecule has 0 aliphatic heterocycles. The van der Waals surface area contributed by atoms with Crippen LogP contribution in [-0.2, 0) is 12.8 Å². The highest BCUT2D eigenvalue weighted by atomic mass is 32.1. The largest absolute Gasteiger partial charge is 0.454 e. The molecule has 0 spiro atoms. The van der Waals surface area contributed by atoms with Gasteiger partial charge in [0, 0.05) is 15.5 Å².